The van der Waals surface area contributed by atoms with Crippen LogP contribution >= 0.6 is 0 Å². The fourth-order valence-corrected chi connectivity index (χ4v) is 4.76. The molecule has 0 bridgehead atoms. The van der Waals surface area contributed by atoms with Gasteiger partial charge in [-0.3, -0.25) is 0 Å². The molecule has 0 amide bonds. The van der Waals surface area contributed by atoms with Crippen LogP contribution in [0.15, 0.2) is 84.9 Å². The van der Waals surface area contributed by atoms with E-state index in [1.54, 1.807) is 30.3 Å². The van der Waals surface area contributed by atoms with Crippen molar-refractivity contribution in [1.29, 1.82) is 0 Å². The second-order valence-electron chi connectivity index (χ2n) is 9.83. The molecule has 1 unspecified atom stereocenters. The number of rotatable bonds is 9. The first kappa shape index (κ1) is 24.9. The van der Waals surface area contributed by atoms with Crippen molar-refractivity contribution < 1.29 is 28.5 Å². The first-order valence-corrected chi connectivity index (χ1v) is 13.2. The highest BCUT2D eigenvalue weighted by atomic mass is 16.6. The van der Waals surface area contributed by atoms with Gasteiger partial charge in [0.25, 0.3) is 0 Å². The summed E-state index contributed by atoms with van der Waals surface area (Å²) in [5.41, 5.74) is 6.45. The van der Waals surface area contributed by atoms with Crippen molar-refractivity contribution in [2.45, 2.75) is 32.3 Å². The van der Waals surface area contributed by atoms with Gasteiger partial charge in [0.05, 0.1) is 17.7 Å². The number of esters is 2. The second kappa shape index (κ2) is 10.8. The van der Waals surface area contributed by atoms with Crippen LogP contribution in [0, 0.1) is 0 Å². The Morgan fingerprint density at radius 1 is 0.744 bits per heavy atom. The summed E-state index contributed by atoms with van der Waals surface area (Å²) in [6, 6.07) is 25.8. The highest BCUT2D eigenvalue weighted by Crippen LogP contribution is 2.40. The van der Waals surface area contributed by atoms with Crippen LogP contribution in [0.3, 0.4) is 0 Å². The maximum absolute atomic E-state index is 12.7. The van der Waals surface area contributed by atoms with Gasteiger partial charge in [0.15, 0.2) is 0 Å². The molecule has 0 radical (unpaired) electrons. The van der Waals surface area contributed by atoms with Crippen LogP contribution < -0.4 is 14.2 Å². The van der Waals surface area contributed by atoms with Crippen LogP contribution in [-0.4, -0.2) is 31.3 Å². The average molecular weight is 521 g/mol. The van der Waals surface area contributed by atoms with E-state index in [2.05, 4.69) is 6.92 Å². The van der Waals surface area contributed by atoms with Crippen LogP contribution in [0.25, 0.3) is 11.1 Å². The zero-order chi connectivity index (χ0) is 26.8. The molecular formula is C33H28O6. The molecule has 0 spiro atoms. The summed E-state index contributed by atoms with van der Waals surface area (Å²) < 4.78 is 22.1. The van der Waals surface area contributed by atoms with Gasteiger partial charge in [0.2, 0.25) is 0 Å². The molecule has 6 heteroatoms. The topological polar surface area (TPSA) is 74.4 Å². The minimum atomic E-state index is -0.431. The van der Waals surface area contributed by atoms with E-state index in [-0.39, 0.29) is 12.1 Å². The number of carbonyl (C=O) groups is 2. The summed E-state index contributed by atoms with van der Waals surface area (Å²) >= 11 is 0. The Bertz CT molecular complexity index is 1520. The van der Waals surface area contributed by atoms with Crippen molar-refractivity contribution in [1.82, 2.24) is 0 Å². The second-order valence-corrected chi connectivity index (χ2v) is 9.83. The zero-order valence-corrected chi connectivity index (χ0v) is 21.6. The Balaban J connectivity index is 1.09. The molecule has 39 heavy (non-hydrogen) atoms. The molecule has 0 saturated carbocycles. The highest BCUT2D eigenvalue weighted by molar-refractivity contribution is 5.92. The van der Waals surface area contributed by atoms with Gasteiger partial charge in [-0.05, 0) is 101 Å². The highest BCUT2D eigenvalue weighted by Gasteiger charge is 2.23. The molecule has 1 heterocycles. The van der Waals surface area contributed by atoms with Crippen molar-refractivity contribution >= 4 is 11.9 Å². The SMILES string of the molecule is CCCc1ccc(C(=O)Oc2ccc3c(c2)Cc2cc(OC(=O)c4ccc(OCC5CO5)cc4)ccc2-3)cc1. The molecule has 1 aliphatic carbocycles. The summed E-state index contributed by atoms with van der Waals surface area (Å²) in [5, 5.41) is 0. The minimum Gasteiger partial charge on any atom is -0.491 e. The Labute approximate surface area is 227 Å². The predicted molar refractivity (Wildman–Crippen MR) is 147 cm³/mol. The van der Waals surface area contributed by atoms with Gasteiger partial charge in [-0.15, -0.1) is 0 Å². The van der Waals surface area contributed by atoms with Crippen LogP contribution in [0.1, 0.15) is 50.8 Å². The summed E-state index contributed by atoms with van der Waals surface area (Å²) in [6.45, 7) is 3.38. The van der Waals surface area contributed by atoms with Gasteiger partial charge in [-0.2, -0.15) is 0 Å². The minimum absolute atomic E-state index is 0.176. The number of carbonyl (C=O) groups excluding carboxylic acids is 2. The monoisotopic (exact) mass is 520 g/mol. The molecule has 196 valence electrons. The maximum atomic E-state index is 12.7. The third-order valence-electron chi connectivity index (χ3n) is 6.90. The number of fused-ring (bicyclic) bond motifs is 3. The lowest BCUT2D eigenvalue weighted by molar-refractivity contribution is 0.0725. The van der Waals surface area contributed by atoms with Gasteiger partial charge in [0.1, 0.15) is 30.0 Å². The van der Waals surface area contributed by atoms with Gasteiger partial charge >= 0.3 is 11.9 Å². The van der Waals surface area contributed by atoms with Gasteiger partial charge in [-0.1, -0.05) is 37.6 Å². The fourth-order valence-electron chi connectivity index (χ4n) is 4.76. The molecule has 0 N–H and O–H groups in total. The number of hydrogen-bond acceptors (Lipinski definition) is 6. The molecule has 6 rings (SSSR count). The molecule has 1 fully saturated rings. The van der Waals surface area contributed by atoms with Crippen molar-refractivity contribution in [2.75, 3.05) is 13.2 Å². The van der Waals surface area contributed by atoms with Gasteiger partial charge in [-0.25, -0.2) is 9.59 Å². The van der Waals surface area contributed by atoms with E-state index < -0.39 is 5.97 Å². The van der Waals surface area contributed by atoms with Crippen LogP contribution in [-0.2, 0) is 17.6 Å². The van der Waals surface area contributed by atoms with Crippen LogP contribution in [0.5, 0.6) is 17.2 Å². The molecule has 4 aromatic rings. The van der Waals surface area contributed by atoms with Crippen LogP contribution in [0.2, 0.25) is 0 Å². The Morgan fingerprint density at radius 3 is 1.77 bits per heavy atom. The van der Waals surface area contributed by atoms with E-state index in [0.717, 1.165) is 41.7 Å². The molecule has 6 nitrogen and oxygen atoms in total. The van der Waals surface area contributed by atoms with Crippen LogP contribution in [0.4, 0.5) is 0 Å². The molecule has 1 saturated heterocycles. The lowest BCUT2D eigenvalue weighted by Gasteiger charge is -2.08. The smallest absolute Gasteiger partial charge is 0.343 e. The maximum Gasteiger partial charge on any atom is 0.343 e. The third kappa shape index (κ3) is 5.71. The number of aryl methyl sites for hydroxylation is 1. The van der Waals surface area contributed by atoms with Crippen molar-refractivity contribution in [3.63, 3.8) is 0 Å². The molecule has 2 aliphatic rings. The molecular weight excluding hydrogens is 492 g/mol. The van der Waals surface area contributed by atoms with Crippen molar-refractivity contribution in [2.24, 2.45) is 0 Å². The summed E-state index contributed by atoms with van der Waals surface area (Å²) in [7, 11) is 0. The third-order valence-corrected chi connectivity index (χ3v) is 6.90. The molecule has 1 aliphatic heterocycles. The number of benzene rings is 4. The Morgan fingerprint density at radius 2 is 1.26 bits per heavy atom. The van der Waals surface area contributed by atoms with E-state index in [1.807, 2.05) is 54.6 Å². The van der Waals surface area contributed by atoms with Crippen molar-refractivity contribution in [3.8, 4) is 28.4 Å². The Kier molecular flexibility index (Phi) is 6.86. The lowest BCUT2D eigenvalue weighted by atomic mass is 10.1. The van der Waals surface area contributed by atoms with Gasteiger partial charge in [0, 0.05) is 0 Å². The van der Waals surface area contributed by atoms with E-state index in [9.17, 15) is 9.59 Å². The zero-order valence-electron chi connectivity index (χ0n) is 21.6. The van der Waals surface area contributed by atoms with Gasteiger partial charge < -0.3 is 18.9 Å². The van der Waals surface area contributed by atoms with E-state index >= 15 is 0 Å². The summed E-state index contributed by atoms with van der Waals surface area (Å²) in [6.07, 6.45) is 2.88. The standard InChI is InChI=1S/C33H28O6/c1-2-3-21-4-6-22(7-5-21)32(34)38-27-12-14-30-24(17-27)16-25-18-28(13-15-31(25)30)39-33(35)23-8-10-26(11-9-23)36-19-29-20-37-29/h4-15,17-18,29H,2-3,16,19-20H2,1H3. The number of epoxide rings is 1. The first-order valence-electron chi connectivity index (χ1n) is 13.2. The molecule has 4 aromatic carbocycles. The van der Waals surface area contributed by atoms with E-state index in [4.69, 9.17) is 18.9 Å². The summed E-state index contributed by atoms with van der Waals surface area (Å²) in [4.78, 5) is 25.4. The normalized spacial score (nSPS) is 14.7. The van der Waals surface area contributed by atoms with E-state index in [0.29, 0.717) is 41.4 Å². The average Bonchev–Trinajstić information content (AvgIpc) is 3.71. The largest absolute Gasteiger partial charge is 0.491 e. The first-order chi connectivity index (χ1) is 19.1. The molecule has 0 aromatic heterocycles. The fraction of sp³-hybridized carbons (Fsp3) is 0.212. The predicted octanol–water partition coefficient (Wildman–Crippen LogP) is 6.43. The quantitative estimate of drug-likeness (QED) is 0.127. The van der Waals surface area contributed by atoms with Crippen molar-refractivity contribution in [3.05, 3.63) is 113 Å². The number of ether oxygens (including phenoxy) is 4. The number of hydrogen-bond donors (Lipinski definition) is 0. The molecule has 1 atom stereocenters. The Hall–Kier alpha value is -4.42. The lowest BCUT2D eigenvalue weighted by Crippen LogP contribution is -2.09. The summed E-state index contributed by atoms with van der Waals surface area (Å²) in [5.74, 6) is 0.870. The van der Waals surface area contributed by atoms with E-state index in [1.165, 1.54) is 5.56 Å².